The third-order valence-electron chi connectivity index (χ3n) is 4.39. The summed E-state index contributed by atoms with van der Waals surface area (Å²) in [5.41, 5.74) is 4.90. The summed E-state index contributed by atoms with van der Waals surface area (Å²) in [6, 6.07) is 2.07. The van der Waals surface area contributed by atoms with Gasteiger partial charge in [-0.15, -0.1) is 0 Å². The van der Waals surface area contributed by atoms with Crippen molar-refractivity contribution >= 4 is 23.7 Å². The zero-order valence-electron chi connectivity index (χ0n) is 13.7. The highest BCUT2D eigenvalue weighted by Gasteiger charge is 2.44. The Labute approximate surface area is 126 Å². The minimum atomic E-state index is -0.106. The standard InChI is InChI=1S/C17H24N2O2/c1-10-13(19-11(2)21)7-12-14(15(10)18-9-20)17(5,6)8-16(12,3)4/h7,9H,8H2,1-6H3,(H,18,20)(H,19,21). The van der Waals surface area contributed by atoms with E-state index in [1.165, 1.54) is 18.1 Å². The normalized spacial score (nSPS) is 18.0. The van der Waals surface area contributed by atoms with Gasteiger partial charge in [0.15, 0.2) is 0 Å². The van der Waals surface area contributed by atoms with Crippen LogP contribution in [0.15, 0.2) is 6.07 Å². The maximum atomic E-state index is 11.4. The summed E-state index contributed by atoms with van der Waals surface area (Å²) < 4.78 is 0. The van der Waals surface area contributed by atoms with Crippen LogP contribution in [0.1, 0.15) is 57.7 Å². The zero-order valence-corrected chi connectivity index (χ0v) is 13.7. The first-order valence-corrected chi connectivity index (χ1v) is 7.26. The monoisotopic (exact) mass is 288 g/mol. The van der Waals surface area contributed by atoms with Gasteiger partial charge >= 0.3 is 0 Å². The molecule has 0 spiro atoms. The Hall–Kier alpha value is -1.84. The molecule has 0 heterocycles. The van der Waals surface area contributed by atoms with E-state index in [0.717, 1.165) is 23.4 Å². The van der Waals surface area contributed by atoms with E-state index in [4.69, 9.17) is 0 Å². The molecule has 0 unspecified atom stereocenters. The average Bonchev–Trinajstić information content (AvgIpc) is 2.49. The second-order valence-corrected chi connectivity index (χ2v) is 7.23. The van der Waals surface area contributed by atoms with E-state index >= 15 is 0 Å². The molecule has 0 saturated heterocycles. The molecule has 21 heavy (non-hydrogen) atoms. The fourth-order valence-electron chi connectivity index (χ4n) is 3.87. The molecule has 0 bridgehead atoms. The van der Waals surface area contributed by atoms with Crippen LogP contribution in [0.4, 0.5) is 11.4 Å². The number of amides is 2. The van der Waals surface area contributed by atoms with Crippen LogP contribution in [0.25, 0.3) is 0 Å². The molecule has 1 aromatic rings. The Morgan fingerprint density at radius 1 is 1.24 bits per heavy atom. The van der Waals surface area contributed by atoms with Crippen molar-refractivity contribution in [3.63, 3.8) is 0 Å². The summed E-state index contributed by atoms with van der Waals surface area (Å²) in [5.74, 6) is -0.106. The molecule has 4 nitrogen and oxygen atoms in total. The molecule has 0 aliphatic heterocycles. The van der Waals surface area contributed by atoms with Crippen LogP contribution < -0.4 is 10.6 Å². The van der Waals surface area contributed by atoms with E-state index < -0.39 is 0 Å². The topological polar surface area (TPSA) is 58.2 Å². The third kappa shape index (κ3) is 2.55. The number of rotatable bonds is 3. The summed E-state index contributed by atoms with van der Waals surface area (Å²) in [5, 5.41) is 5.72. The van der Waals surface area contributed by atoms with Gasteiger partial charge in [0.25, 0.3) is 0 Å². The molecule has 0 atom stereocenters. The fraction of sp³-hybridized carbons (Fsp3) is 0.529. The van der Waals surface area contributed by atoms with Crippen molar-refractivity contribution in [3.05, 3.63) is 22.8 Å². The van der Waals surface area contributed by atoms with E-state index in [9.17, 15) is 9.59 Å². The molecule has 0 fully saturated rings. The van der Waals surface area contributed by atoms with Crippen molar-refractivity contribution in [3.8, 4) is 0 Å². The summed E-state index contributed by atoms with van der Waals surface area (Å²) in [7, 11) is 0. The number of fused-ring (bicyclic) bond motifs is 1. The summed E-state index contributed by atoms with van der Waals surface area (Å²) in [6.07, 6.45) is 1.72. The van der Waals surface area contributed by atoms with E-state index in [1.807, 2.05) is 6.92 Å². The first-order chi connectivity index (χ1) is 9.60. The SMILES string of the molecule is CC(=O)Nc1cc2c(c(NC=O)c1C)C(C)(C)CC2(C)C. The molecule has 2 N–H and O–H groups in total. The van der Waals surface area contributed by atoms with Gasteiger partial charge in [-0.25, -0.2) is 0 Å². The van der Waals surface area contributed by atoms with Crippen molar-refractivity contribution in [2.24, 2.45) is 0 Å². The fourth-order valence-corrected chi connectivity index (χ4v) is 3.87. The molecule has 0 radical (unpaired) electrons. The number of hydrogen-bond donors (Lipinski definition) is 2. The molecule has 0 aromatic heterocycles. The van der Waals surface area contributed by atoms with Gasteiger partial charge in [0, 0.05) is 18.3 Å². The van der Waals surface area contributed by atoms with Crippen LogP contribution in [-0.4, -0.2) is 12.3 Å². The lowest BCUT2D eigenvalue weighted by atomic mass is 9.81. The number of carbonyl (C=O) groups is 2. The van der Waals surface area contributed by atoms with Gasteiger partial charge < -0.3 is 10.6 Å². The lowest BCUT2D eigenvalue weighted by Crippen LogP contribution is -2.18. The van der Waals surface area contributed by atoms with Gasteiger partial charge in [0.2, 0.25) is 12.3 Å². The maximum Gasteiger partial charge on any atom is 0.221 e. The van der Waals surface area contributed by atoms with Crippen molar-refractivity contribution in [1.29, 1.82) is 0 Å². The van der Waals surface area contributed by atoms with Gasteiger partial charge in [0.1, 0.15) is 0 Å². The third-order valence-corrected chi connectivity index (χ3v) is 4.39. The number of nitrogens with one attached hydrogen (secondary N) is 2. The lowest BCUT2D eigenvalue weighted by molar-refractivity contribution is -0.114. The summed E-state index contributed by atoms with van der Waals surface area (Å²) in [6.45, 7) is 12.2. The summed E-state index contributed by atoms with van der Waals surface area (Å²) in [4.78, 5) is 22.5. The molecule has 4 heteroatoms. The maximum absolute atomic E-state index is 11.4. The number of carbonyl (C=O) groups excluding carboxylic acids is 2. The highest BCUT2D eigenvalue weighted by Crippen LogP contribution is 2.54. The Bertz CT molecular complexity index is 616. The van der Waals surface area contributed by atoms with Crippen LogP contribution in [0, 0.1) is 6.92 Å². The van der Waals surface area contributed by atoms with E-state index in [-0.39, 0.29) is 16.7 Å². The van der Waals surface area contributed by atoms with Crippen LogP contribution in [-0.2, 0) is 20.4 Å². The first kappa shape index (κ1) is 15.5. The Morgan fingerprint density at radius 2 is 1.86 bits per heavy atom. The molecule has 114 valence electrons. The van der Waals surface area contributed by atoms with Crippen LogP contribution in [0.3, 0.4) is 0 Å². The van der Waals surface area contributed by atoms with Gasteiger partial charge in [-0.1, -0.05) is 27.7 Å². The van der Waals surface area contributed by atoms with Gasteiger partial charge in [-0.05, 0) is 46.9 Å². The van der Waals surface area contributed by atoms with Gasteiger partial charge in [-0.2, -0.15) is 0 Å². The van der Waals surface area contributed by atoms with Crippen molar-refractivity contribution in [1.82, 2.24) is 0 Å². The Kier molecular flexibility index (Phi) is 3.60. The van der Waals surface area contributed by atoms with E-state index in [1.54, 1.807) is 0 Å². The largest absolute Gasteiger partial charge is 0.328 e. The number of anilines is 2. The highest BCUT2D eigenvalue weighted by molar-refractivity contribution is 5.93. The van der Waals surface area contributed by atoms with Gasteiger partial charge in [-0.3, -0.25) is 9.59 Å². The number of benzene rings is 1. The number of hydrogen-bond acceptors (Lipinski definition) is 2. The average molecular weight is 288 g/mol. The molecular weight excluding hydrogens is 264 g/mol. The molecule has 0 saturated carbocycles. The molecule has 1 aliphatic carbocycles. The Balaban J connectivity index is 2.77. The second-order valence-electron chi connectivity index (χ2n) is 7.23. The molecule has 1 aliphatic rings. The van der Waals surface area contributed by atoms with Crippen LogP contribution in [0.2, 0.25) is 0 Å². The van der Waals surface area contributed by atoms with E-state index in [0.29, 0.717) is 6.41 Å². The smallest absolute Gasteiger partial charge is 0.221 e. The Morgan fingerprint density at radius 3 is 2.38 bits per heavy atom. The van der Waals surface area contributed by atoms with E-state index in [2.05, 4.69) is 44.4 Å². The van der Waals surface area contributed by atoms with Crippen LogP contribution in [0.5, 0.6) is 0 Å². The minimum absolute atomic E-state index is 0.0102. The second kappa shape index (κ2) is 4.86. The predicted molar refractivity (Wildman–Crippen MR) is 85.8 cm³/mol. The summed E-state index contributed by atoms with van der Waals surface area (Å²) >= 11 is 0. The van der Waals surface area contributed by atoms with Crippen LogP contribution >= 0.6 is 0 Å². The minimum Gasteiger partial charge on any atom is -0.328 e. The molecule has 2 amide bonds. The lowest BCUT2D eigenvalue weighted by Gasteiger charge is -2.24. The van der Waals surface area contributed by atoms with Crippen molar-refractivity contribution in [2.45, 2.75) is 58.8 Å². The predicted octanol–water partition coefficient (Wildman–Crippen LogP) is 3.48. The zero-order chi connectivity index (χ0) is 16.0. The van der Waals surface area contributed by atoms with Crippen molar-refractivity contribution in [2.75, 3.05) is 10.6 Å². The first-order valence-electron chi connectivity index (χ1n) is 7.26. The molecular formula is C17H24N2O2. The highest BCUT2D eigenvalue weighted by atomic mass is 16.1. The quantitative estimate of drug-likeness (QED) is 0.837. The van der Waals surface area contributed by atoms with Gasteiger partial charge in [0.05, 0.1) is 0 Å². The van der Waals surface area contributed by atoms with Crippen molar-refractivity contribution < 1.29 is 9.59 Å². The molecule has 2 rings (SSSR count). The molecule has 1 aromatic carbocycles.